The smallest absolute Gasteiger partial charge is 0.360 e. The molecular formula is C7H12F3NO. The molecule has 1 rings (SSSR count). The predicted octanol–water partition coefficient (Wildman–Crippen LogP) is 1.32. The molecule has 0 aromatic heterocycles. The van der Waals surface area contributed by atoms with E-state index in [1.807, 2.05) is 0 Å². The fourth-order valence-electron chi connectivity index (χ4n) is 1.21. The molecule has 0 bridgehead atoms. The van der Waals surface area contributed by atoms with Gasteiger partial charge in [-0.3, -0.25) is 0 Å². The summed E-state index contributed by atoms with van der Waals surface area (Å²) in [6.45, 7) is 3.00. The lowest BCUT2D eigenvalue weighted by atomic mass is 10.0. The minimum absolute atomic E-state index is 0.166. The summed E-state index contributed by atoms with van der Waals surface area (Å²) in [6.07, 6.45) is -4.68. The van der Waals surface area contributed by atoms with Crippen LogP contribution in [0.5, 0.6) is 0 Å². The summed E-state index contributed by atoms with van der Waals surface area (Å²) in [6, 6.07) is 0. The Morgan fingerprint density at radius 3 is 2.42 bits per heavy atom. The van der Waals surface area contributed by atoms with Crippen molar-refractivity contribution in [1.29, 1.82) is 0 Å². The van der Waals surface area contributed by atoms with Crippen LogP contribution in [0, 0.1) is 0 Å². The number of ether oxygens (including phenoxy) is 1. The Morgan fingerprint density at radius 2 is 2.08 bits per heavy atom. The van der Waals surface area contributed by atoms with Gasteiger partial charge in [0.15, 0.2) is 5.60 Å². The fourth-order valence-corrected chi connectivity index (χ4v) is 1.21. The maximum Gasteiger partial charge on any atom is 0.418 e. The molecule has 0 spiro atoms. The van der Waals surface area contributed by atoms with Crippen LogP contribution in [-0.2, 0) is 4.74 Å². The molecule has 1 aliphatic heterocycles. The summed E-state index contributed by atoms with van der Waals surface area (Å²) >= 11 is 0. The van der Waals surface area contributed by atoms with Gasteiger partial charge in [0, 0.05) is 13.1 Å². The summed E-state index contributed by atoms with van der Waals surface area (Å²) in [5.41, 5.74) is -2.02. The van der Waals surface area contributed by atoms with E-state index in [2.05, 4.69) is 5.32 Å². The zero-order chi connectivity index (χ0) is 9.41. The van der Waals surface area contributed by atoms with Crippen molar-refractivity contribution in [2.24, 2.45) is 0 Å². The van der Waals surface area contributed by atoms with Gasteiger partial charge >= 0.3 is 6.18 Å². The molecule has 1 aliphatic rings. The lowest BCUT2D eigenvalue weighted by molar-refractivity contribution is -0.288. The highest BCUT2D eigenvalue weighted by molar-refractivity contribution is 4.90. The van der Waals surface area contributed by atoms with Gasteiger partial charge < -0.3 is 10.1 Å². The van der Waals surface area contributed by atoms with E-state index in [-0.39, 0.29) is 12.6 Å². The lowest BCUT2D eigenvalue weighted by Gasteiger charge is -2.39. The number of hydrogen-bond donors (Lipinski definition) is 1. The quantitative estimate of drug-likeness (QED) is 0.611. The van der Waals surface area contributed by atoms with Crippen molar-refractivity contribution in [3.63, 3.8) is 0 Å². The second kappa shape index (κ2) is 2.88. The first kappa shape index (κ1) is 9.80. The molecule has 1 saturated heterocycles. The highest BCUT2D eigenvalue weighted by atomic mass is 19.4. The number of rotatable bonds is 0. The number of morpholine rings is 1. The first-order chi connectivity index (χ1) is 5.35. The molecule has 1 heterocycles. The van der Waals surface area contributed by atoms with E-state index >= 15 is 0 Å². The monoisotopic (exact) mass is 183 g/mol. The Hall–Kier alpha value is -0.290. The molecule has 0 aliphatic carbocycles. The maximum atomic E-state index is 12.3. The van der Waals surface area contributed by atoms with Crippen LogP contribution in [0.25, 0.3) is 0 Å². The first-order valence-corrected chi connectivity index (χ1v) is 3.80. The molecule has 12 heavy (non-hydrogen) atoms. The van der Waals surface area contributed by atoms with E-state index < -0.39 is 11.8 Å². The summed E-state index contributed by atoms with van der Waals surface area (Å²) < 4.78 is 41.9. The number of nitrogens with one attached hydrogen (secondary N) is 1. The van der Waals surface area contributed by atoms with Crippen molar-refractivity contribution in [3.8, 4) is 0 Å². The largest absolute Gasteiger partial charge is 0.418 e. The average molecular weight is 183 g/mol. The Bertz CT molecular complexity index is 171. The van der Waals surface area contributed by atoms with Crippen LogP contribution in [0.1, 0.15) is 13.8 Å². The van der Waals surface area contributed by atoms with E-state index in [4.69, 9.17) is 4.74 Å². The Morgan fingerprint density at radius 1 is 1.50 bits per heavy atom. The van der Waals surface area contributed by atoms with Crippen LogP contribution in [-0.4, -0.2) is 31.0 Å². The molecule has 0 aromatic carbocycles. The lowest BCUT2D eigenvalue weighted by Crippen LogP contribution is -2.59. The molecule has 0 radical (unpaired) electrons. The molecule has 0 aromatic rings. The average Bonchev–Trinajstić information content (AvgIpc) is 1.83. The third-order valence-corrected chi connectivity index (χ3v) is 1.96. The Labute approximate surface area is 69.1 Å². The molecule has 0 amide bonds. The van der Waals surface area contributed by atoms with Crippen molar-refractivity contribution < 1.29 is 17.9 Å². The van der Waals surface area contributed by atoms with Crippen LogP contribution < -0.4 is 5.32 Å². The molecule has 0 unspecified atom stereocenters. The normalized spacial score (nSPS) is 38.2. The van der Waals surface area contributed by atoms with Gasteiger partial charge in [0.25, 0.3) is 0 Å². The van der Waals surface area contributed by atoms with E-state index in [1.165, 1.54) is 0 Å². The zero-order valence-electron chi connectivity index (χ0n) is 7.03. The second-order valence-corrected chi connectivity index (χ2v) is 3.29. The van der Waals surface area contributed by atoms with E-state index in [9.17, 15) is 13.2 Å². The molecule has 72 valence electrons. The Balaban J connectivity index is 2.70. The van der Waals surface area contributed by atoms with Gasteiger partial charge in [-0.25, -0.2) is 0 Å². The van der Waals surface area contributed by atoms with Crippen LogP contribution in [0.4, 0.5) is 13.2 Å². The molecule has 1 N–H and O–H groups in total. The van der Waals surface area contributed by atoms with Gasteiger partial charge in [-0.05, 0) is 13.8 Å². The van der Waals surface area contributed by atoms with Gasteiger partial charge in [-0.2, -0.15) is 13.2 Å². The van der Waals surface area contributed by atoms with Crippen molar-refractivity contribution in [2.75, 3.05) is 13.1 Å². The minimum Gasteiger partial charge on any atom is -0.360 e. The van der Waals surface area contributed by atoms with Crippen LogP contribution in [0.3, 0.4) is 0 Å². The first-order valence-electron chi connectivity index (χ1n) is 3.80. The van der Waals surface area contributed by atoms with Gasteiger partial charge in [0.2, 0.25) is 0 Å². The van der Waals surface area contributed by atoms with Crippen LogP contribution >= 0.6 is 0 Å². The SMILES string of the molecule is C[C@H]1CNC[C@@](C)(C(F)(F)F)O1. The van der Waals surface area contributed by atoms with Gasteiger partial charge in [0.05, 0.1) is 6.10 Å². The van der Waals surface area contributed by atoms with Crippen molar-refractivity contribution in [3.05, 3.63) is 0 Å². The molecule has 2 atom stereocenters. The zero-order valence-corrected chi connectivity index (χ0v) is 7.03. The maximum absolute atomic E-state index is 12.3. The van der Waals surface area contributed by atoms with Crippen LogP contribution in [0.15, 0.2) is 0 Å². The standard InChI is InChI=1S/C7H12F3NO/c1-5-3-11-4-6(2,12-5)7(8,9)10/h5,11H,3-4H2,1-2H3/t5-,6-/m0/s1. The van der Waals surface area contributed by atoms with Crippen molar-refractivity contribution >= 4 is 0 Å². The van der Waals surface area contributed by atoms with Gasteiger partial charge in [-0.1, -0.05) is 0 Å². The number of alkyl halides is 3. The number of halogens is 3. The fraction of sp³-hybridized carbons (Fsp3) is 1.00. The summed E-state index contributed by atoms with van der Waals surface area (Å²) in [5, 5.41) is 2.69. The highest BCUT2D eigenvalue weighted by Crippen LogP contribution is 2.35. The molecule has 2 nitrogen and oxygen atoms in total. The summed E-state index contributed by atoms with van der Waals surface area (Å²) in [7, 11) is 0. The third-order valence-electron chi connectivity index (χ3n) is 1.96. The topological polar surface area (TPSA) is 21.3 Å². The number of hydrogen-bond acceptors (Lipinski definition) is 2. The van der Waals surface area contributed by atoms with E-state index in [1.54, 1.807) is 6.92 Å². The molecule has 5 heteroatoms. The third kappa shape index (κ3) is 1.72. The van der Waals surface area contributed by atoms with Crippen molar-refractivity contribution in [2.45, 2.75) is 31.7 Å². The predicted molar refractivity (Wildman–Crippen MR) is 37.9 cm³/mol. The van der Waals surface area contributed by atoms with E-state index in [0.29, 0.717) is 6.54 Å². The van der Waals surface area contributed by atoms with Gasteiger partial charge in [0.1, 0.15) is 0 Å². The van der Waals surface area contributed by atoms with Crippen molar-refractivity contribution in [1.82, 2.24) is 5.32 Å². The summed E-state index contributed by atoms with van der Waals surface area (Å²) in [4.78, 5) is 0. The van der Waals surface area contributed by atoms with E-state index in [0.717, 1.165) is 6.92 Å². The minimum atomic E-state index is -4.30. The van der Waals surface area contributed by atoms with Gasteiger partial charge in [-0.15, -0.1) is 0 Å². The Kier molecular flexibility index (Phi) is 2.35. The van der Waals surface area contributed by atoms with Crippen LogP contribution in [0.2, 0.25) is 0 Å². The molecule has 0 saturated carbocycles. The second-order valence-electron chi connectivity index (χ2n) is 3.29. The highest BCUT2D eigenvalue weighted by Gasteiger charge is 2.54. The summed E-state index contributed by atoms with van der Waals surface area (Å²) in [5.74, 6) is 0. The molecular weight excluding hydrogens is 171 g/mol. The molecule has 1 fully saturated rings.